The van der Waals surface area contributed by atoms with Gasteiger partial charge in [-0.25, -0.2) is 4.39 Å². The van der Waals surface area contributed by atoms with Gasteiger partial charge in [0.2, 0.25) is 0 Å². The van der Waals surface area contributed by atoms with E-state index in [2.05, 4.69) is 25.7 Å². The fourth-order valence-corrected chi connectivity index (χ4v) is 1.54. The van der Waals surface area contributed by atoms with Crippen LogP contribution in [0.5, 0.6) is 0 Å². The average molecular weight is 264 g/mol. The third kappa shape index (κ3) is 6.95. The minimum absolute atomic E-state index is 0.0213. The van der Waals surface area contributed by atoms with Gasteiger partial charge in [0.05, 0.1) is 13.2 Å². The number of hydrogen-bond acceptors (Lipinski definition) is 2. The molecule has 0 fully saturated rings. The third-order valence-electron chi connectivity index (χ3n) is 2.54. The molecule has 1 aromatic rings. The molecule has 0 aliphatic carbocycles. The number of ether oxygens (including phenoxy) is 1. The Balaban J connectivity index is 2.56. The Morgan fingerprint density at radius 1 is 1.32 bits per heavy atom. The van der Waals surface area contributed by atoms with E-state index < -0.39 is 0 Å². The summed E-state index contributed by atoms with van der Waals surface area (Å²) in [6.07, 6.45) is 1.40. The SMILES string of the molecule is CC(C)CCOCc1cc(F)cc(C#CCCO)c1. The zero-order valence-electron chi connectivity index (χ0n) is 11.6. The van der Waals surface area contributed by atoms with Crippen LogP contribution >= 0.6 is 0 Å². The fourth-order valence-electron chi connectivity index (χ4n) is 1.54. The molecule has 0 unspecified atom stereocenters. The van der Waals surface area contributed by atoms with Gasteiger partial charge < -0.3 is 9.84 Å². The standard InChI is InChI=1S/C16H21FO2/c1-13(2)6-8-19-12-15-9-14(5-3-4-7-18)10-16(17)11-15/h9-11,13,18H,4,6-8,12H2,1-2H3. The number of halogens is 1. The molecular formula is C16H21FO2. The average Bonchev–Trinajstić information content (AvgIpc) is 2.34. The highest BCUT2D eigenvalue weighted by Crippen LogP contribution is 2.10. The first-order valence-electron chi connectivity index (χ1n) is 6.58. The van der Waals surface area contributed by atoms with Gasteiger partial charge in [-0.3, -0.25) is 0 Å². The Morgan fingerprint density at radius 2 is 2.11 bits per heavy atom. The smallest absolute Gasteiger partial charge is 0.124 e. The number of aliphatic hydroxyl groups is 1. The van der Waals surface area contributed by atoms with E-state index in [-0.39, 0.29) is 12.4 Å². The molecule has 0 heterocycles. The van der Waals surface area contributed by atoms with Gasteiger partial charge in [0.25, 0.3) is 0 Å². The van der Waals surface area contributed by atoms with E-state index in [9.17, 15) is 4.39 Å². The van der Waals surface area contributed by atoms with E-state index in [1.807, 2.05) is 6.07 Å². The van der Waals surface area contributed by atoms with E-state index in [0.717, 1.165) is 12.0 Å². The van der Waals surface area contributed by atoms with Crippen molar-refractivity contribution in [2.75, 3.05) is 13.2 Å². The second-order valence-corrected chi connectivity index (χ2v) is 4.86. The van der Waals surface area contributed by atoms with E-state index in [4.69, 9.17) is 9.84 Å². The first kappa shape index (κ1) is 15.7. The summed E-state index contributed by atoms with van der Waals surface area (Å²) in [5, 5.41) is 8.64. The monoisotopic (exact) mass is 264 g/mol. The van der Waals surface area contributed by atoms with Crippen LogP contribution in [0.15, 0.2) is 18.2 Å². The molecule has 0 aliphatic rings. The molecule has 0 bridgehead atoms. The molecule has 104 valence electrons. The van der Waals surface area contributed by atoms with Crippen molar-refractivity contribution in [3.8, 4) is 11.8 Å². The minimum Gasteiger partial charge on any atom is -0.395 e. The van der Waals surface area contributed by atoms with E-state index >= 15 is 0 Å². The lowest BCUT2D eigenvalue weighted by Gasteiger charge is -2.07. The van der Waals surface area contributed by atoms with Crippen LogP contribution in [0.3, 0.4) is 0 Å². The quantitative estimate of drug-likeness (QED) is 0.632. The second-order valence-electron chi connectivity index (χ2n) is 4.86. The van der Waals surface area contributed by atoms with Crippen LogP contribution in [0.4, 0.5) is 4.39 Å². The summed E-state index contributed by atoms with van der Waals surface area (Å²) in [7, 11) is 0. The van der Waals surface area contributed by atoms with Crippen molar-refractivity contribution in [3.63, 3.8) is 0 Å². The van der Waals surface area contributed by atoms with Crippen molar-refractivity contribution >= 4 is 0 Å². The van der Waals surface area contributed by atoms with Crippen molar-refractivity contribution in [1.82, 2.24) is 0 Å². The molecule has 0 aliphatic heterocycles. The number of rotatable bonds is 6. The predicted octanol–water partition coefficient (Wildman–Crippen LogP) is 3.12. The van der Waals surface area contributed by atoms with Gasteiger partial charge in [0, 0.05) is 18.6 Å². The normalized spacial score (nSPS) is 10.4. The molecule has 3 heteroatoms. The third-order valence-corrected chi connectivity index (χ3v) is 2.54. The molecule has 19 heavy (non-hydrogen) atoms. The topological polar surface area (TPSA) is 29.5 Å². The molecule has 1 N–H and O–H groups in total. The molecule has 0 atom stereocenters. The fraction of sp³-hybridized carbons (Fsp3) is 0.500. The van der Waals surface area contributed by atoms with Crippen LogP contribution in [0.2, 0.25) is 0 Å². The van der Waals surface area contributed by atoms with Gasteiger partial charge in [0.15, 0.2) is 0 Å². The summed E-state index contributed by atoms with van der Waals surface area (Å²) >= 11 is 0. The number of benzene rings is 1. The zero-order valence-corrected chi connectivity index (χ0v) is 11.6. The summed E-state index contributed by atoms with van der Waals surface area (Å²) in [5.41, 5.74) is 1.41. The molecule has 0 spiro atoms. The van der Waals surface area contributed by atoms with E-state index in [1.54, 1.807) is 0 Å². The van der Waals surface area contributed by atoms with Crippen LogP contribution in [0.1, 0.15) is 37.8 Å². The molecular weight excluding hydrogens is 243 g/mol. The van der Waals surface area contributed by atoms with E-state index in [1.165, 1.54) is 12.1 Å². The number of aliphatic hydroxyl groups excluding tert-OH is 1. The number of hydrogen-bond donors (Lipinski definition) is 1. The molecule has 0 saturated carbocycles. The maximum absolute atomic E-state index is 13.4. The molecule has 0 aromatic heterocycles. The summed E-state index contributed by atoms with van der Waals surface area (Å²) in [6, 6.07) is 4.68. The van der Waals surface area contributed by atoms with Crippen molar-refractivity contribution in [2.45, 2.75) is 33.3 Å². The van der Waals surface area contributed by atoms with Crippen LogP contribution < -0.4 is 0 Å². The van der Waals surface area contributed by atoms with Crippen molar-refractivity contribution < 1.29 is 14.2 Å². The van der Waals surface area contributed by atoms with Gasteiger partial charge in [-0.2, -0.15) is 0 Å². The molecule has 0 radical (unpaired) electrons. The Kier molecular flexibility index (Phi) is 7.17. The van der Waals surface area contributed by atoms with Crippen LogP contribution in [0, 0.1) is 23.6 Å². The van der Waals surface area contributed by atoms with Crippen LogP contribution in [0.25, 0.3) is 0 Å². The summed E-state index contributed by atoms with van der Waals surface area (Å²) < 4.78 is 18.9. The highest BCUT2D eigenvalue weighted by atomic mass is 19.1. The summed E-state index contributed by atoms with van der Waals surface area (Å²) in [4.78, 5) is 0. The minimum atomic E-state index is -0.307. The maximum atomic E-state index is 13.4. The Bertz CT molecular complexity index is 444. The summed E-state index contributed by atoms with van der Waals surface area (Å²) in [6.45, 7) is 5.38. The van der Waals surface area contributed by atoms with Gasteiger partial charge in [-0.15, -0.1) is 0 Å². The Hall–Kier alpha value is -1.37. The lowest BCUT2D eigenvalue weighted by atomic mass is 10.1. The first-order valence-corrected chi connectivity index (χ1v) is 6.58. The predicted molar refractivity (Wildman–Crippen MR) is 74.1 cm³/mol. The van der Waals surface area contributed by atoms with E-state index in [0.29, 0.717) is 31.1 Å². The van der Waals surface area contributed by atoms with Crippen molar-refractivity contribution in [2.24, 2.45) is 5.92 Å². The van der Waals surface area contributed by atoms with Gasteiger partial charge in [-0.05, 0) is 36.1 Å². The largest absolute Gasteiger partial charge is 0.395 e. The van der Waals surface area contributed by atoms with Gasteiger partial charge in [0.1, 0.15) is 5.82 Å². The zero-order chi connectivity index (χ0) is 14.1. The van der Waals surface area contributed by atoms with Crippen molar-refractivity contribution in [3.05, 3.63) is 35.1 Å². The highest BCUT2D eigenvalue weighted by molar-refractivity contribution is 5.37. The van der Waals surface area contributed by atoms with Gasteiger partial charge >= 0.3 is 0 Å². The molecule has 1 aromatic carbocycles. The lowest BCUT2D eigenvalue weighted by Crippen LogP contribution is -2.00. The van der Waals surface area contributed by atoms with Crippen molar-refractivity contribution in [1.29, 1.82) is 0 Å². The molecule has 0 saturated heterocycles. The first-order chi connectivity index (χ1) is 9.11. The highest BCUT2D eigenvalue weighted by Gasteiger charge is 2.00. The molecule has 2 nitrogen and oxygen atoms in total. The Labute approximate surface area is 114 Å². The molecule has 0 amide bonds. The van der Waals surface area contributed by atoms with Crippen LogP contribution in [-0.2, 0) is 11.3 Å². The lowest BCUT2D eigenvalue weighted by molar-refractivity contribution is 0.110. The molecule has 1 rings (SSSR count). The van der Waals surface area contributed by atoms with Gasteiger partial charge in [-0.1, -0.05) is 25.7 Å². The maximum Gasteiger partial charge on any atom is 0.124 e. The Morgan fingerprint density at radius 3 is 2.79 bits per heavy atom. The summed E-state index contributed by atoms with van der Waals surface area (Å²) in [5.74, 6) is 5.91. The second kappa shape index (κ2) is 8.68. The van der Waals surface area contributed by atoms with Crippen LogP contribution in [-0.4, -0.2) is 18.3 Å².